The largest absolute Gasteiger partial charge is 0.377 e. The molecule has 0 bridgehead atoms. The van der Waals surface area contributed by atoms with Crippen molar-refractivity contribution < 1.29 is 14.1 Å². The van der Waals surface area contributed by atoms with Crippen LogP contribution in [0.25, 0.3) is 0 Å². The Morgan fingerprint density at radius 1 is 1.56 bits per heavy atom. The molecular formula is C12H15FN2O3. The molecule has 6 heteroatoms. The fourth-order valence-electron chi connectivity index (χ4n) is 2.15. The van der Waals surface area contributed by atoms with Crippen molar-refractivity contribution in [2.45, 2.75) is 19.4 Å². The maximum Gasteiger partial charge on any atom is 0.327 e. The van der Waals surface area contributed by atoms with Gasteiger partial charge in [-0.15, -0.1) is 0 Å². The van der Waals surface area contributed by atoms with Gasteiger partial charge in [0, 0.05) is 19.7 Å². The highest BCUT2D eigenvalue weighted by Crippen LogP contribution is 2.31. The molecule has 0 N–H and O–H groups in total. The Morgan fingerprint density at radius 3 is 3.06 bits per heavy atom. The Balaban J connectivity index is 2.37. The van der Waals surface area contributed by atoms with Crippen LogP contribution in [-0.4, -0.2) is 30.7 Å². The van der Waals surface area contributed by atoms with Crippen LogP contribution in [0.4, 0.5) is 15.8 Å². The smallest absolute Gasteiger partial charge is 0.327 e. The van der Waals surface area contributed by atoms with E-state index >= 15 is 0 Å². The second-order valence-electron chi connectivity index (χ2n) is 4.35. The first kappa shape index (κ1) is 12.8. The maximum absolute atomic E-state index is 13.6. The molecule has 1 unspecified atom stereocenters. The van der Waals surface area contributed by atoms with Crippen LogP contribution in [0.2, 0.25) is 0 Å². The molecule has 98 valence electrons. The van der Waals surface area contributed by atoms with Gasteiger partial charge in [-0.1, -0.05) is 6.07 Å². The lowest BCUT2D eigenvalue weighted by molar-refractivity contribution is -0.386. The summed E-state index contributed by atoms with van der Waals surface area (Å²) in [6.07, 6.45) is 0.758. The number of hydrogen-bond donors (Lipinski definition) is 0. The summed E-state index contributed by atoms with van der Waals surface area (Å²) in [4.78, 5) is 12.1. The van der Waals surface area contributed by atoms with Gasteiger partial charge in [0.2, 0.25) is 5.82 Å². The summed E-state index contributed by atoms with van der Waals surface area (Å²) in [6, 6.07) is 4.19. The van der Waals surface area contributed by atoms with Gasteiger partial charge in [-0.2, -0.15) is 4.39 Å². The Hall–Kier alpha value is -1.69. The molecule has 1 aromatic rings. The third kappa shape index (κ3) is 2.59. The van der Waals surface area contributed by atoms with Crippen molar-refractivity contribution in [3.05, 3.63) is 34.1 Å². The van der Waals surface area contributed by atoms with Gasteiger partial charge in [0.15, 0.2) is 0 Å². The fourth-order valence-corrected chi connectivity index (χ4v) is 2.15. The minimum Gasteiger partial charge on any atom is -0.377 e. The zero-order valence-corrected chi connectivity index (χ0v) is 10.1. The lowest BCUT2D eigenvalue weighted by atomic mass is 10.2. The molecule has 1 heterocycles. The standard InChI is InChI=1S/C12H15FN2O3/c1-9-8-14(6-3-7-18-9)11-5-2-4-10(13)12(11)15(16)17/h2,4-5,9H,3,6-8H2,1H3. The molecule has 2 rings (SSSR count). The van der Waals surface area contributed by atoms with E-state index in [4.69, 9.17) is 4.74 Å². The molecule has 1 aromatic carbocycles. The van der Waals surface area contributed by atoms with Crippen molar-refractivity contribution in [1.82, 2.24) is 0 Å². The number of rotatable bonds is 2. The fraction of sp³-hybridized carbons (Fsp3) is 0.500. The topological polar surface area (TPSA) is 55.6 Å². The summed E-state index contributed by atoms with van der Waals surface area (Å²) >= 11 is 0. The van der Waals surface area contributed by atoms with E-state index in [1.807, 2.05) is 11.8 Å². The van der Waals surface area contributed by atoms with E-state index in [0.717, 1.165) is 12.5 Å². The van der Waals surface area contributed by atoms with Gasteiger partial charge in [-0.05, 0) is 25.5 Å². The number of ether oxygens (including phenoxy) is 1. The van der Waals surface area contributed by atoms with Crippen LogP contribution in [0.5, 0.6) is 0 Å². The molecule has 5 nitrogen and oxygen atoms in total. The van der Waals surface area contributed by atoms with E-state index in [1.165, 1.54) is 6.07 Å². The Labute approximate surface area is 104 Å². The molecule has 18 heavy (non-hydrogen) atoms. The molecule has 0 aliphatic carbocycles. The highest BCUT2D eigenvalue weighted by Gasteiger charge is 2.26. The van der Waals surface area contributed by atoms with Crippen LogP contribution < -0.4 is 4.90 Å². The maximum atomic E-state index is 13.6. The number of anilines is 1. The van der Waals surface area contributed by atoms with E-state index in [2.05, 4.69) is 0 Å². The summed E-state index contributed by atoms with van der Waals surface area (Å²) in [5.41, 5.74) is -0.121. The summed E-state index contributed by atoms with van der Waals surface area (Å²) in [5.74, 6) is -0.796. The summed E-state index contributed by atoms with van der Waals surface area (Å²) < 4.78 is 19.0. The van der Waals surface area contributed by atoms with Crippen molar-refractivity contribution in [2.24, 2.45) is 0 Å². The molecule has 0 amide bonds. The molecule has 1 atom stereocenters. The number of hydrogen-bond acceptors (Lipinski definition) is 4. The quantitative estimate of drug-likeness (QED) is 0.600. The number of nitro benzene ring substituents is 1. The van der Waals surface area contributed by atoms with E-state index < -0.39 is 16.4 Å². The van der Waals surface area contributed by atoms with Crippen molar-refractivity contribution >= 4 is 11.4 Å². The van der Waals surface area contributed by atoms with Crippen LogP contribution in [0.1, 0.15) is 13.3 Å². The van der Waals surface area contributed by atoms with Crippen molar-refractivity contribution in [2.75, 3.05) is 24.6 Å². The first-order chi connectivity index (χ1) is 8.59. The third-order valence-electron chi connectivity index (χ3n) is 2.94. The second-order valence-corrected chi connectivity index (χ2v) is 4.35. The van der Waals surface area contributed by atoms with Crippen molar-refractivity contribution in [3.63, 3.8) is 0 Å². The Morgan fingerprint density at radius 2 is 2.33 bits per heavy atom. The highest BCUT2D eigenvalue weighted by molar-refractivity contribution is 5.63. The highest BCUT2D eigenvalue weighted by atomic mass is 19.1. The van der Waals surface area contributed by atoms with E-state index in [0.29, 0.717) is 25.4 Å². The number of nitrogens with zero attached hydrogens (tertiary/aromatic N) is 2. The predicted octanol–water partition coefficient (Wildman–Crippen LogP) is 2.35. The lowest BCUT2D eigenvalue weighted by Gasteiger charge is -2.23. The van der Waals surface area contributed by atoms with Crippen LogP contribution in [0, 0.1) is 15.9 Å². The lowest BCUT2D eigenvalue weighted by Crippen LogP contribution is -2.30. The number of benzene rings is 1. The third-order valence-corrected chi connectivity index (χ3v) is 2.94. The average Bonchev–Trinajstić information content (AvgIpc) is 2.53. The van der Waals surface area contributed by atoms with Gasteiger partial charge < -0.3 is 9.64 Å². The molecule has 1 fully saturated rings. The normalized spacial score (nSPS) is 20.6. The van der Waals surface area contributed by atoms with Crippen LogP contribution >= 0.6 is 0 Å². The zero-order valence-electron chi connectivity index (χ0n) is 10.1. The molecule has 1 saturated heterocycles. The molecule has 0 spiro atoms. The van der Waals surface area contributed by atoms with E-state index in [9.17, 15) is 14.5 Å². The average molecular weight is 254 g/mol. The molecule has 0 aromatic heterocycles. The van der Waals surface area contributed by atoms with Gasteiger partial charge in [-0.3, -0.25) is 10.1 Å². The molecule has 0 radical (unpaired) electrons. The van der Waals surface area contributed by atoms with Crippen LogP contribution in [0.3, 0.4) is 0 Å². The first-order valence-electron chi connectivity index (χ1n) is 5.89. The van der Waals surface area contributed by atoms with Crippen molar-refractivity contribution in [1.29, 1.82) is 0 Å². The van der Waals surface area contributed by atoms with Gasteiger partial charge in [0.05, 0.1) is 11.0 Å². The van der Waals surface area contributed by atoms with Crippen LogP contribution in [0.15, 0.2) is 18.2 Å². The SMILES string of the molecule is CC1CN(c2cccc(F)c2[N+](=O)[O-])CCCO1. The first-order valence-corrected chi connectivity index (χ1v) is 5.89. The van der Waals surface area contributed by atoms with E-state index in [-0.39, 0.29) is 6.10 Å². The van der Waals surface area contributed by atoms with Gasteiger partial charge in [-0.25, -0.2) is 0 Å². The van der Waals surface area contributed by atoms with Crippen molar-refractivity contribution in [3.8, 4) is 0 Å². The minimum absolute atomic E-state index is 0.0182. The summed E-state index contributed by atoms with van der Waals surface area (Å²) in [7, 11) is 0. The number of para-hydroxylation sites is 1. The van der Waals surface area contributed by atoms with Crippen LogP contribution in [-0.2, 0) is 4.74 Å². The summed E-state index contributed by atoms with van der Waals surface area (Å²) in [5, 5.41) is 11.0. The van der Waals surface area contributed by atoms with Gasteiger partial charge in [0.1, 0.15) is 5.69 Å². The molecular weight excluding hydrogens is 239 g/mol. The van der Waals surface area contributed by atoms with Gasteiger partial charge >= 0.3 is 5.69 Å². The van der Waals surface area contributed by atoms with E-state index in [1.54, 1.807) is 6.07 Å². The molecule has 1 aliphatic rings. The molecule has 1 aliphatic heterocycles. The predicted molar refractivity (Wildman–Crippen MR) is 65.3 cm³/mol. The number of halogens is 1. The monoisotopic (exact) mass is 254 g/mol. The molecule has 0 saturated carbocycles. The number of nitro groups is 1. The Kier molecular flexibility index (Phi) is 3.76. The van der Waals surface area contributed by atoms with Gasteiger partial charge in [0.25, 0.3) is 0 Å². The summed E-state index contributed by atoms with van der Waals surface area (Å²) in [6.45, 7) is 3.70. The second kappa shape index (κ2) is 5.30. The minimum atomic E-state index is -0.796. The Bertz CT molecular complexity index is 453. The zero-order chi connectivity index (χ0) is 13.1.